The van der Waals surface area contributed by atoms with E-state index < -0.39 is 15.9 Å². The van der Waals surface area contributed by atoms with Crippen LogP contribution in [0.25, 0.3) is 0 Å². The van der Waals surface area contributed by atoms with E-state index in [1.54, 1.807) is 31.3 Å². The zero-order valence-electron chi connectivity index (χ0n) is 17.3. The summed E-state index contributed by atoms with van der Waals surface area (Å²) in [6.07, 6.45) is 2.07. The molecule has 166 valence electrons. The Morgan fingerprint density at radius 2 is 1.81 bits per heavy atom. The highest BCUT2D eigenvalue weighted by Crippen LogP contribution is 2.26. The predicted octanol–water partition coefficient (Wildman–Crippen LogP) is 0.523. The number of rotatable bonds is 6. The second kappa shape index (κ2) is 8.90. The fraction of sp³-hybridized carbons (Fsp3) is 0.350. The number of carbonyl (C=O) groups excluding carboxylic acids is 3. The predicted molar refractivity (Wildman–Crippen MR) is 114 cm³/mol. The molecule has 2 heterocycles. The van der Waals surface area contributed by atoms with Crippen LogP contribution in [0.3, 0.4) is 0 Å². The van der Waals surface area contributed by atoms with Gasteiger partial charge in [0.25, 0.3) is 11.8 Å². The Kier molecular flexibility index (Phi) is 6.46. The summed E-state index contributed by atoms with van der Waals surface area (Å²) in [6.45, 7) is 0.360. The number of carbonyl (C=O) groups is 3. The Labute approximate surface area is 180 Å². The van der Waals surface area contributed by atoms with Gasteiger partial charge in [-0.3, -0.25) is 14.4 Å². The number of piperidine rings is 1. The lowest BCUT2D eigenvalue weighted by molar-refractivity contribution is -0.120. The summed E-state index contributed by atoms with van der Waals surface area (Å²) in [7, 11) is -0.717. The van der Waals surface area contributed by atoms with E-state index in [0.717, 1.165) is 0 Å². The van der Waals surface area contributed by atoms with Crippen molar-refractivity contribution in [3.63, 3.8) is 0 Å². The maximum Gasteiger partial charge on any atom is 0.265 e. The number of nitrogens with zero attached hydrogens (tertiary/aromatic N) is 2. The minimum Gasteiger partial charge on any atom is -0.364 e. The Balaban J connectivity index is 1.64. The molecule has 2 aromatic rings. The summed E-state index contributed by atoms with van der Waals surface area (Å²) in [4.78, 5) is 35.8. The molecule has 1 saturated heterocycles. The topological polar surface area (TPSA) is 144 Å². The van der Waals surface area contributed by atoms with Gasteiger partial charge in [-0.1, -0.05) is 6.07 Å². The number of benzene rings is 1. The van der Waals surface area contributed by atoms with E-state index in [0.29, 0.717) is 24.1 Å². The van der Waals surface area contributed by atoms with Crippen LogP contribution in [0.5, 0.6) is 0 Å². The van der Waals surface area contributed by atoms with Crippen LogP contribution in [-0.2, 0) is 21.9 Å². The summed E-state index contributed by atoms with van der Waals surface area (Å²) in [6, 6.07) is 7.86. The number of hydrogen-bond donors (Lipinski definition) is 3. The molecule has 0 bridgehead atoms. The van der Waals surface area contributed by atoms with Crippen molar-refractivity contribution in [2.45, 2.75) is 17.7 Å². The number of hydrogen-bond acceptors (Lipinski definition) is 5. The van der Waals surface area contributed by atoms with Crippen molar-refractivity contribution < 1.29 is 22.8 Å². The minimum absolute atomic E-state index is 0.00211. The number of sulfonamides is 1. The molecule has 11 heteroatoms. The van der Waals surface area contributed by atoms with Crippen LogP contribution in [0.1, 0.15) is 33.7 Å². The van der Waals surface area contributed by atoms with Crippen LogP contribution in [-0.4, -0.2) is 55.1 Å². The van der Waals surface area contributed by atoms with Crippen LogP contribution in [0.15, 0.2) is 41.4 Å². The third-order valence-corrected chi connectivity index (χ3v) is 7.18. The van der Waals surface area contributed by atoms with Crippen molar-refractivity contribution in [2.24, 2.45) is 18.7 Å². The molecule has 4 N–H and O–H groups in total. The normalized spacial score (nSPS) is 15.4. The number of aromatic nitrogens is 1. The Morgan fingerprint density at radius 1 is 1.13 bits per heavy atom. The van der Waals surface area contributed by atoms with Crippen molar-refractivity contribution in [3.05, 3.63) is 47.8 Å². The van der Waals surface area contributed by atoms with E-state index in [9.17, 15) is 22.8 Å². The molecule has 0 aliphatic carbocycles. The number of anilines is 1. The van der Waals surface area contributed by atoms with E-state index in [-0.39, 0.29) is 41.4 Å². The van der Waals surface area contributed by atoms with Crippen molar-refractivity contribution in [1.29, 1.82) is 0 Å². The lowest BCUT2D eigenvalue weighted by Crippen LogP contribution is -2.41. The standard InChI is InChI=1S/C20H25N5O5S/c1-22-19(27)14-4-3-5-15(10-14)23-20(28)13-6-8-25(9-7-13)31(29,30)16-11-17(18(21)26)24(2)12-16/h3-5,10-13H,6-9H2,1-2H3,(H2,21,26)(H,22,27)(H,23,28). The molecule has 10 nitrogen and oxygen atoms in total. The molecule has 3 rings (SSSR count). The fourth-order valence-corrected chi connectivity index (χ4v) is 5.10. The van der Waals surface area contributed by atoms with E-state index in [4.69, 9.17) is 5.73 Å². The van der Waals surface area contributed by atoms with Gasteiger partial charge >= 0.3 is 0 Å². The molecular weight excluding hydrogens is 422 g/mol. The van der Waals surface area contributed by atoms with Gasteiger partial charge in [0.05, 0.1) is 0 Å². The summed E-state index contributed by atoms with van der Waals surface area (Å²) in [5, 5.41) is 5.33. The molecule has 0 spiro atoms. The fourth-order valence-electron chi connectivity index (χ4n) is 3.55. The average Bonchev–Trinajstić information content (AvgIpc) is 3.16. The number of amides is 3. The first-order chi connectivity index (χ1) is 14.6. The summed E-state index contributed by atoms with van der Waals surface area (Å²) in [5.74, 6) is -1.54. The maximum atomic E-state index is 12.9. The average molecular weight is 448 g/mol. The zero-order valence-corrected chi connectivity index (χ0v) is 18.1. The molecule has 0 atom stereocenters. The molecule has 1 aliphatic rings. The molecular formula is C20H25N5O5S. The van der Waals surface area contributed by atoms with Crippen molar-refractivity contribution in [1.82, 2.24) is 14.2 Å². The van der Waals surface area contributed by atoms with Gasteiger partial charge in [0.1, 0.15) is 10.6 Å². The highest BCUT2D eigenvalue weighted by Gasteiger charge is 2.33. The molecule has 1 aliphatic heterocycles. The van der Waals surface area contributed by atoms with Gasteiger partial charge in [-0.15, -0.1) is 0 Å². The van der Waals surface area contributed by atoms with Crippen LogP contribution in [0.2, 0.25) is 0 Å². The molecule has 0 unspecified atom stereocenters. The van der Waals surface area contributed by atoms with Gasteiger partial charge in [0.2, 0.25) is 15.9 Å². The van der Waals surface area contributed by atoms with Gasteiger partial charge in [-0.05, 0) is 37.1 Å². The first-order valence-corrected chi connectivity index (χ1v) is 11.2. The summed E-state index contributed by atoms with van der Waals surface area (Å²) in [5.41, 5.74) is 6.30. The molecule has 0 radical (unpaired) electrons. The molecule has 1 aromatic carbocycles. The summed E-state index contributed by atoms with van der Waals surface area (Å²) < 4.78 is 28.5. The second-order valence-corrected chi connectivity index (χ2v) is 9.30. The Morgan fingerprint density at radius 3 is 2.39 bits per heavy atom. The molecule has 1 fully saturated rings. The molecule has 31 heavy (non-hydrogen) atoms. The van der Waals surface area contributed by atoms with Gasteiger partial charge in [-0.25, -0.2) is 8.42 Å². The smallest absolute Gasteiger partial charge is 0.265 e. The molecule has 0 saturated carbocycles. The first kappa shape index (κ1) is 22.5. The monoisotopic (exact) mass is 447 g/mol. The Hall–Kier alpha value is -3.18. The van der Waals surface area contributed by atoms with Crippen molar-refractivity contribution in [3.8, 4) is 0 Å². The SMILES string of the molecule is CNC(=O)c1cccc(NC(=O)C2CCN(S(=O)(=O)c3cc(C(N)=O)n(C)c3)CC2)c1. The van der Waals surface area contributed by atoms with E-state index in [2.05, 4.69) is 10.6 Å². The summed E-state index contributed by atoms with van der Waals surface area (Å²) >= 11 is 0. The van der Waals surface area contributed by atoms with Gasteiger partial charge < -0.3 is 20.9 Å². The van der Waals surface area contributed by atoms with Crippen LogP contribution < -0.4 is 16.4 Å². The van der Waals surface area contributed by atoms with Crippen molar-refractivity contribution in [2.75, 3.05) is 25.5 Å². The first-order valence-electron chi connectivity index (χ1n) is 9.73. The third kappa shape index (κ3) is 4.78. The quantitative estimate of drug-likeness (QED) is 0.592. The molecule has 3 amide bonds. The van der Waals surface area contributed by atoms with Gasteiger partial charge in [-0.2, -0.15) is 4.31 Å². The maximum absolute atomic E-state index is 12.9. The largest absolute Gasteiger partial charge is 0.364 e. The third-order valence-electron chi connectivity index (χ3n) is 5.31. The van der Waals surface area contributed by atoms with Crippen LogP contribution in [0, 0.1) is 5.92 Å². The second-order valence-electron chi connectivity index (χ2n) is 7.36. The highest BCUT2D eigenvalue weighted by atomic mass is 32.2. The van der Waals surface area contributed by atoms with Crippen LogP contribution in [0.4, 0.5) is 5.69 Å². The Bertz CT molecular complexity index is 1120. The van der Waals surface area contributed by atoms with Gasteiger partial charge in [0.15, 0.2) is 0 Å². The number of nitrogens with two attached hydrogens (primary N) is 1. The molecule has 1 aromatic heterocycles. The number of nitrogens with one attached hydrogen (secondary N) is 2. The van der Waals surface area contributed by atoms with Crippen LogP contribution >= 0.6 is 0 Å². The van der Waals surface area contributed by atoms with Gasteiger partial charge in [0, 0.05) is 50.6 Å². The number of primary amides is 1. The highest BCUT2D eigenvalue weighted by molar-refractivity contribution is 7.89. The van der Waals surface area contributed by atoms with E-state index in [1.807, 2.05) is 0 Å². The zero-order chi connectivity index (χ0) is 22.8. The van der Waals surface area contributed by atoms with E-state index in [1.165, 1.54) is 28.2 Å². The lowest BCUT2D eigenvalue weighted by Gasteiger charge is -2.30. The lowest BCUT2D eigenvalue weighted by atomic mass is 9.97. The minimum atomic E-state index is -3.79. The van der Waals surface area contributed by atoms with Crippen molar-refractivity contribution >= 4 is 33.4 Å². The van der Waals surface area contributed by atoms with E-state index >= 15 is 0 Å². The number of aryl methyl sites for hydroxylation is 1.